The molecule has 0 unspecified atom stereocenters. The SMILES string of the molecule is CC(C)(C)COP(O)(=S)OCC(C)(C)C. The summed E-state index contributed by atoms with van der Waals surface area (Å²) < 4.78 is 10.5. The van der Waals surface area contributed by atoms with Gasteiger partial charge in [0.15, 0.2) is 0 Å². The highest BCUT2D eigenvalue weighted by atomic mass is 32.5. The summed E-state index contributed by atoms with van der Waals surface area (Å²) >= 11 is 4.90. The van der Waals surface area contributed by atoms with Gasteiger partial charge in [-0.1, -0.05) is 41.5 Å². The average Bonchev–Trinajstić information content (AvgIpc) is 1.96. The summed E-state index contributed by atoms with van der Waals surface area (Å²) in [5.41, 5.74) is -0.0320. The first-order valence-corrected chi connectivity index (χ1v) is 7.62. The van der Waals surface area contributed by atoms with E-state index in [1.165, 1.54) is 0 Å². The van der Waals surface area contributed by atoms with Gasteiger partial charge in [0, 0.05) is 0 Å². The van der Waals surface area contributed by atoms with Crippen LogP contribution in [0.25, 0.3) is 0 Å². The molecule has 0 aliphatic heterocycles. The van der Waals surface area contributed by atoms with Crippen LogP contribution in [0.5, 0.6) is 0 Å². The predicted octanol–water partition coefficient (Wildman–Crippen LogP) is 3.33. The van der Waals surface area contributed by atoms with Crippen LogP contribution in [0.1, 0.15) is 41.5 Å². The Morgan fingerprint density at radius 1 is 0.933 bits per heavy atom. The Hall–Kier alpha value is 0.530. The van der Waals surface area contributed by atoms with Crippen molar-refractivity contribution in [3.8, 4) is 0 Å². The molecule has 5 heteroatoms. The molecule has 0 atom stereocenters. The first kappa shape index (κ1) is 15.5. The van der Waals surface area contributed by atoms with Crippen LogP contribution in [0.15, 0.2) is 0 Å². The summed E-state index contributed by atoms with van der Waals surface area (Å²) in [5, 5.41) is 0. The van der Waals surface area contributed by atoms with E-state index in [0.717, 1.165) is 0 Å². The van der Waals surface area contributed by atoms with Crippen LogP contribution in [0, 0.1) is 10.8 Å². The minimum atomic E-state index is -3.05. The van der Waals surface area contributed by atoms with E-state index in [2.05, 4.69) is 0 Å². The van der Waals surface area contributed by atoms with Gasteiger partial charge in [-0.05, 0) is 22.6 Å². The third kappa shape index (κ3) is 10.8. The quantitative estimate of drug-likeness (QED) is 0.781. The van der Waals surface area contributed by atoms with Gasteiger partial charge >= 0.3 is 6.72 Å². The van der Waals surface area contributed by atoms with E-state index >= 15 is 0 Å². The lowest BCUT2D eigenvalue weighted by Gasteiger charge is -2.25. The van der Waals surface area contributed by atoms with Gasteiger partial charge in [-0.3, -0.25) is 0 Å². The molecule has 92 valence electrons. The van der Waals surface area contributed by atoms with Crippen LogP contribution >= 0.6 is 6.72 Å². The van der Waals surface area contributed by atoms with E-state index in [9.17, 15) is 4.89 Å². The second kappa shape index (κ2) is 5.24. The van der Waals surface area contributed by atoms with Gasteiger partial charge in [0.1, 0.15) is 0 Å². The van der Waals surface area contributed by atoms with Gasteiger partial charge < -0.3 is 13.9 Å². The van der Waals surface area contributed by atoms with Crippen molar-refractivity contribution in [1.29, 1.82) is 0 Å². The molecule has 1 N–H and O–H groups in total. The highest BCUT2D eigenvalue weighted by Crippen LogP contribution is 2.46. The molecular weight excluding hydrogens is 231 g/mol. The molecule has 3 nitrogen and oxygen atoms in total. The molecular formula is C10H23O3PS. The van der Waals surface area contributed by atoms with Gasteiger partial charge in [0.25, 0.3) is 0 Å². The summed E-state index contributed by atoms with van der Waals surface area (Å²) in [4.78, 5) is 9.72. The Balaban J connectivity index is 4.04. The maximum atomic E-state index is 9.72. The third-order valence-corrected chi connectivity index (χ3v) is 2.86. The molecule has 0 aromatic heterocycles. The molecule has 0 spiro atoms. The Labute approximate surface area is 98.4 Å². The Morgan fingerprint density at radius 2 is 1.20 bits per heavy atom. The van der Waals surface area contributed by atoms with Crippen molar-refractivity contribution in [2.45, 2.75) is 41.5 Å². The van der Waals surface area contributed by atoms with E-state index in [0.29, 0.717) is 13.2 Å². The second-order valence-corrected chi connectivity index (χ2v) is 8.97. The van der Waals surface area contributed by atoms with Crippen molar-refractivity contribution in [2.75, 3.05) is 13.2 Å². The van der Waals surface area contributed by atoms with Crippen LogP contribution in [0.3, 0.4) is 0 Å². The zero-order valence-electron chi connectivity index (χ0n) is 10.5. The van der Waals surface area contributed by atoms with Crippen LogP contribution in [-0.4, -0.2) is 18.1 Å². The Bertz CT molecular complexity index is 218. The summed E-state index contributed by atoms with van der Waals surface area (Å²) in [7, 11) is 0. The largest absolute Gasteiger partial charge is 0.324 e. The van der Waals surface area contributed by atoms with Crippen LogP contribution in [0.2, 0.25) is 0 Å². The lowest BCUT2D eigenvalue weighted by Crippen LogP contribution is -2.17. The molecule has 0 saturated heterocycles. The summed E-state index contributed by atoms with van der Waals surface area (Å²) in [6.45, 7) is 9.88. The van der Waals surface area contributed by atoms with Crippen LogP contribution < -0.4 is 0 Å². The van der Waals surface area contributed by atoms with Crippen molar-refractivity contribution in [2.24, 2.45) is 10.8 Å². The fourth-order valence-electron chi connectivity index (χ4n) is 0.588. The van der Waals surface area contributed by atoms with Gasteiger partial charge in [-0.15, -0.1) is 0 Å². The highest BCUT2D eigenvalue weighted by Gasteiger charge is 2.22. The molecule has 0 fully saturated rings. The minimum Gasteiger partial charge on any atom is -0.324 e. The molecule has 0 saturated carbocycles. The Morgan fingerprint density at radius 3 is 1.40 bits per heavy atom. The predicted molar refractivity (Wildman–Crippen MR) is 67.3 cm³/mol. The van der Waals surface area contributed by atoms with Gasteiger partial charge in [0.2, 0.25) is 0 Å². The lowest BCUT2D eigenvalue weighted by atomic mass is 9.99. The van der Waals surface area contributed by atoms with Crippen molar-refractivity contribution < 1.29 is 13.9 Å². The van der Waals surface area contributed by atoms with Gasteiger partial charge in [-0.2, -0.15) is 0 Å². The second-order valence-electron chi connectivity index (χ2n) is 6.14. The van der Waals surface area contributed by atoms with Crippen molar-refractivity contribution in [3.05, 3.63) is 0 Å². The van der Waals surface area contributed by atoms with E-state index in [1.807, 2.05) is 41.5 Å². The number of hydrogen-bond acceptors (Lipinski definition) is 3. The van der Waals surface area contributed by atoms with E-state index < -0.39 is 6.72 Å². The normalized spacial score (nSPS) is 14.3. The monoisotopic (exact) mass is 254 g/mol. The third-order valence-electron chi connectivity index (χ3n) is 1.32. The highest BCUT2D eigenvalue weighted by molar-refractivity contribution is 8.07. The standard InChI is InChI=1S/C10H23O3PS/c1-9(2,3)7-12-14(11,15)13-8-10(4,5)6/h7-8H2,1-6H3,(H,11,15). The molecule has 0 bridgehead atoms. The molecule has 0 heterocycles. The molecule has 0 aliphatic rings. The minimum absolute atomic E-state index is 0.0160. The zero-order chi connectivity index (χ0) is 12.3. The first-order valence-electron chi connectivity index (χ1n) is 5.03. The first-order chi connectivity index (χ1) is 6.41. The van der Waals surface area contributed by atoms with E-state index in [-0.39, 0.29) is 10.8 Å². The molecule has 0 radical (unpaired) electrons. The fourth-order valence-corrected chi connectivity index (χ4v) is 2.08. The van der Waals surface area contributed by atoms with E-state index in [4.69, 9.17) is 20.9 Å². The summed E-state index contributed by atoms with van der Waals surface area (Å²) in [6, 6.07) is 0. The Kier molecular flexibility index (Phi) is 5.43. The molecule has 0 aliphatic carbocycles. The van der Waals surface area contributed by atoms with E-state index in [1.54, 1.807) is 0 Å². The van der Waals surface area contributed by atoms with Gasteiger partial charge in [-0.25, -0.2) is 0 Å². The van der Waals surface area contributed by atoms with Crippen molar-refractivity contribution in [3.63, 3.8) is 0 Å². The topological polar surface area (TPSA) is 38.7 Å². The maximum absolute atomic E-state index is 9.72. The maximum Gasteiger partial charge on any atom is 0.324 e. The molecule has 15 heavy (non-hydrogen) atoms. The molecule has 0 rings (SSSR count). The number of hydrogen-bond donors (Lipinski definition) is 1. The summed E-state index contributed by atoms with van der Waals surface area (Å²) in [5.74, 6) is 0. The molecule has 0 amide bonds. The summed E-state index contributed by atoms with van der Waals surface area (Å²) in [6.07, 6.45) is 0. The van der Waals surface area contributed by atoms with Crippen molar-refractivity contribution >= 4 is 18.5 Å². The molecule has 0 aromatic carbocycles. The smallest absolute Gasteiger partial charge is 0.324 e. The number of rotatable bonds is 4. The molecule has 0 aromatic rings. The van der Waals surface area contributed by atoms with Crippen LogP contribution in [0.4, 0.5) is 0 Å². The fraction of sp³-hybridized carbons (Fsp3) is 1.00. The van der Waals surface area contributed by atoms with Crippen molar-refractivity contribution in [1.82, 2.24) is 0 Å². The van der Waals surface area contributed by atoms with Gasteiger partial charge in [0.05, 0.1) is 13.2 Å². The lowest BCUT2D eigenvalue weighted by molar-refractivity contribution is 0.118. The zero-order valence-corrected chi connectivity index (χ0v) is 12.2. The average molecular weight is 254 g/mol. The van der Waals surface area contributed by atoms with Crippen LogP contribution in [-0.2, 0) is 20.9 Å².